The van der Waals surface area contributed by atoms with E-state index in [4.69, 9.17) is 58.8 Å². The van der Waals surface area contributed by atoms with E-state index in [1.165, 1.54) is 0 Å². The highest BCUT2D eigenvalue weighted by Crippen LogP contribution is 2.57. The van der Waals surface area contributed by atoms with Crippen molar-refractivity contribution >= 4 is 69.9 Å². The number of halogens is 3. The predicted molar refractivity (Wildman–Crippen MR) is 287 cm³/mol. The van der Waals surface area contributed by atoms with Crippen LogP contribution in [0.25, 0.3) is 16.9 Å². The molecule has 9 rings (SSSR count). The molecule has 386 valence electrons. The predicted octanol–water partition coefficient (Wildman–Crippen LogP) is 9.56. The number of amides is 3. The molecule has 6 aromatic rings. The Hall–Kier alpha value is -6.62. The SMILES string of the molecule is CCC(CC)(NC(=O)c1nn(-c2ccc(Cl)cc2Cl)c2c1CCCc1cc(Cl)ccc1-2)C(=O)NCCOCCOCCNC(=O)c1ccc2c(c1)C1(OC2=O)c2ccc(N(C)C)cc2Oc2cc(N(C)C)ccc21. The number of nitrogens with zero attached hydrogens (tertiary/aromatic N) is 4. The van der Waals surface area contributed by atoms with E-state index in [0.717, 1.165) is 46.6 Å². The van der Waals surface area contributed by atoms with Gasteiger partial charge in [0.15, 0.2) is 11.3 Å². The highest BCUT2D eigenvalue weighted by atomic mass is 35.5. The molecular formula is C56H58Cl3N7O8. The molecule has 1 spiro atoms. The van der Waals surface area contributed by atoms with Crippen molar-refractivity contribution in [1.29, 1.82) is 0 Å². The van der Waals surface area contributed by atoms with Gasteiger partial charge in [-0.2, -0.15) is 5.10 Å². The molecule has 0 atom stereocenters. The molecule has 2 aliphatic heterocycles. The van der Waals surface area contributed by atoms with Crippen molar-refractivity contribution in [1.82, 2.24) is 25.7 Å². The van der Waals surface area contributed by atoms with Gasteiger partial charge in [-0.05, 0) is 110 Å². The Labute approximate surface area is 445 Å². The summed E-state index contributed by atoms with van der Waals surface area (Å²) in [5.41, 5.74) is 6.04. The zero-order chi connectivity index (χ0) is 52.5. The van der Waals surface area contributed by atoms with Gasteiger partial charge >= 0.3 is 5.97 Å². The molecule has 15 nitrogen and oxygen atoms in total. The van der Waals surface area contributed by atoms with Crippen LogP contribution in [-0.4, -0.2) is 107 Å². The lowest BCUT2D eigenvalue weighted by atomic mass is 9.77. The van der Waals surface area contributed by atoms with Crippen LogP contribution >= 0.6 is 34.8 Å². The standard InChI is InChI=1S/C56H58Cl3N7O8/c1-7-55(8-2,62-52(68)49-41-11-9-10-33-28-35(57)13-18-39(33)50(41)66(63-49)46-21-14-36(58)30-45(46)59)54(70)61-23-25-72-27-26-71-24-22-60-51(67)34-12-17-40-44(29-34)56(74-53(40)69)42-19-15-37(64(3)4)31-47(42)73-48-32-38(65(5)6)16-20-43(48)56/h12-21,28-32H,7-11,22-27H2,1-6H3,(H,60,67)(H,61,70)(H,62,68). The lowest BCUT2D eigenvalue weighted by molar-refractivity contribution is -0.128. The molecule has 18 heteroatoms. The van der Waals surface area contributed by atoms with Gasteiger partial charge in [0.1, 0.15) is 17.0 Å². The van der Waals surface area contributed by atoms with Gasteiger partial charge in [0, 0.05) is 108 Å². The van der Waals surface area contributed by atoms with Crippen molar-refractivity contribution in [3.63, 3.8) is 0 Å². The van der Waals surface area contributed by atoms with Crippen molar-refractivity contribution in [3.8, 4) is 28.4 Å². The molecule has 5 aromatic carbocycles. The van der Waals surface area contributed by atoms with Gasteiger partial charge in [0.25, 0.3) is 11.8 Å². The maximum absolute atomic E-state index is 14.4. The van der Waals surface area contributed by atoms with E-state index in [1.54, 1.807) is 41.1 Å². The number of hydrogen-bond donors (Lipinski definition) is 3. The molecule has 0 radical (unpaired) electrons. The van der Waals surface area contributed by atoms with E-state index in [1.807, 2.05) is 106 Å². The van der Waals surface area contributed by atoms with Crippen molar-refractivity contribution in [2.24, 2.45) is 0 Å². The zero-order valence-electron chi connectivity index (χ0n) is 42.1. The number of anilines is 2. The molecular weight excluding hydrogens is 1010 g/mol. The lowest BCUT2D eigenvalue weighted by Gasteiger charge is -2.37. The average molecular weight is 1060 g/mol. The second kappa shape index (κ2) is 21.7. The first-order chi connectivity index (χ1) is 35.6. The number of carbonyl (C=O) groups is 4. The van der Waals surface area contributed by atoms with Gasteiger partial charge in [-0.25, -0.2) is 9.48 Å². The average Bonchev–Trinajstić information content (AvgIpc) is 3.82. The Morgan fingerprint density at radius 3 is 1.97 bits per heavy atom. The summed E-state index contributed by atoms with van der Waals surface area (Å²) in [6, 6.07) is 27.4. The van der Waals surface area contributed by atoms with E-state index in [2.05, 4.69) is 16.0 Å². The molecule has 3 heterocycles. The van der Waals surface area contributed by atoms with Crippen LogP contribution in [0, 0.1) is 0 Å². The topological polar surface area (TPSA) is 166 Å². The number of aryl methyl sites for hydroxylation is 1. The molecule has 0 unspecified atom stereocenters. The van der Waals surface area contributed by atoms with Gasteiger partial charge in [-0.15, -0.1) is 0 Å². The van der Waals surface area contributed by atoms with Crippen molar-refractivity contribution < 1.29 is 38.1 Å². The van der Waals surface area contributed by atoms with Crippen LogP contribution < -0.4 is 30.5 Å². The number of aromatic nitrogens is 2. The Morgan fingerprint density at radius 1 is 0.716 bits per heavy atom. The molecule has 0 saturated carbocycles. The smallest absolute Gasteiger partial charge is 0.340 e. The summed E-state index contributed by atoms with van der Waals surface area (Å²) >= 11 is 19.4. The number of carbonyl (C=O) groups excluding carboxylic acids is 4. The van der Waals surface area contributed by atoms with Crippen LogP contribution in [0.1, 0.15) is 92.1 Å². The fourth-order valence-corrected chi connectivity index (χ4v) is 10.7. The van der Waals surface area contributed by atoms with Crippen LogP contribution in [0.15, 0.2) is 91.0 Å². The van der Waals surface area contributed by atoms with Gasteiger partial charge in [0.2, 0.25) is 5.91 Å². The summed E-state index contributed by atoms with van der Waals surface area (Å²) < 4.78 is 26.1. The van der Waals surface area contributed by atoms with Gasteiger partial charge in [-0.1, -0.05) is 54.7 Å². The molecule has 1 aliphatic carbocycles. The highest BCUT2D eigenvalue weighted by molar-refractivity contribution is 6.35. The Morgan fingerprint density at radius 2 is 1.34 bits per heavy atom. The molecule has 1 aromatic heterocycles. The number of nitrogens with one attached hydrogen (secondary N) is 3. The van der Waals surface area contributed by atoms with Crippen molar-refractivity contribution in [3.05, 3.63) is 151 Å². The normalized spacial score (nSPS) is 13.8. The highest BCUT2D eigenvalue weighted by Gasteiger charge is 2.54. The number of fused-ring (bicyclic) bond motifs is 9. The first kappa shape index (κ1) is 52.3. The zero-order valence-corrected chi connectivity index (χ0v) is 44.4. The third-order valence-electron chi connectivity index (χ3n) is 14.0. The number of rotatable bonds is 18. The minimum absolute atomic E-state index is 0.197. The summed E-state index contributed by atoms with van der Waals surface area (Å²) in [4.78, 5) is 59.4. The minimum atomic E-state index is -1.34. The number of hydrogen-bond acceptors (Lipinski definition) is 11. The molecule has 3 aliphatic rings. The number of benzene rings is 5. The Bertz CT molecular complexity index is 3110. The van der Waals surface area contributed by atoms with Crippen molar-refractivity contribution in [2.45, 2.75) is 57.1 Å². The monoisotopic (exact) mass is 1060 g/mol. The molecule has 3 amide bonds. The van der Waals surface area contributed by atoms with E-state index >= 15 is 0 Å². The van der Waals surface area contributed by atoms with E-state index in [9.17, 15) is 19.2 Å². The van der Waals surface area contributed by atoms with E-state index in [-0.39, 0.29) is 57.0 Å². The van der Waals surface area contributed by atoms with Gasteiger partial charge in [0.05, 0.1) is 48.4 Å². The number of esters is 1. The summed E-state index contributed by atoms with van der Waals surface area (Å²) in [7, 11) is 7.76. The fourth-order valence-electron chi connectivity index (χ4n) is 9.97. The summed E-state index contributed by atoms with van der Waals surface area (Å²) in [6.07, 6.45) is 2.74. The van der Waals surface area contributed by atoms with Crippen LogP contribution in [0.5, 0.6) is 11.5 Å². The first-order valence-electron chi connectivity index (χ1n) is 24.7. The van der Waals surface area contributed by atoms with Crippen LogP contribution in [0.3, 0.4) is 0 Å². The van der Waals surface area contributed by atoms with Crippen LogP contribution in [0.2, 0.25) is 15.1 Å². The van der Waals surface area contributed by atoms with Gasteiger partial charge in [-0.3, -0.25) is 14.4 Å². The van der Waals surface area contributed by atoms with E-state index in [0.29, 0.717) is 79.3 Å². The molecule has 0 saturated heterocycles. The van der Waals surface area contributed by atoms with Crippen molar-refractivity contribution in [2.75, 3.05) is 77.5 Å². The Balaban J connectivity index is 0.778. The van der Waals surface area contributed by atoms with E-state index < -0.39 is 23.0 Å². The molecule has 74 heavy (non-hydrogen) atoms. The fraction of sp³-hybridized carbons (Fsp3) is 0.339. The summed E-state index contributed by atoms with van der Waals surface area (Å²) in [6.45, 7) is 5.04. The second-order valence-electron chi connectivity index (χ2n) is 18.9. The van der Waals surface area contributed by atoms with Gasteiger partial charge < -0.3 is 44.7 Å². The maximum atomic E-state index is 14.4. The summed E-state index contributed by atoms with van der Waals surface area (Å²) in [5, 5.41) is 15.2. The van der Waals surface area contributed by atoms with Crippen LogP contribution in [0.4, 0.5) is 11.4 Å². The third kappa shape index (κ3) is 9.91. The molecule has 0 fully saturated rings. The van der Waals surface area contributed by atoms with Crippen LogP contribution in [-0.2, 0) is 37.4 Å². The Kier molecular flexibility index (Phi) is 15.3. The molecule has 3 N–H and O–H groups in total. The summed E-state index contributed by atoms with van der Waals surface area (Å²) in [5.74, 6) is -0.544. The largest absolute Gasteiger partial charge is 0.456 e. The first-order valence-corrected chi connectivity index (χ1v) is 25.8. The quantitative estimate of drug-likeness (QED) is 0.0555. The third-order valence-corrected chi connectivity index (χ3v) is 14.8. The maximum Gasteiger partial charge on any atom is 0.340 e. The second-order valence-corrected chi connectivity index (χ2v) is 20.2. The lowest BCUT2D eigenvalue weighted by Crippen LogP contribution is -2.58. The number of ether oxygens (including phenoxy) is 4. The minimum Gasteiger partial charge on any atom is -0.456 e. The molecule has 0 bridgehead atoms.